The molecule has 0 unspecified atom stereocenters. The van der Waals surface area contributed by atoms with Crippen LogP contribution in [-0.2, 0) is 9.53 Å². The molecule has 0 fully saturated rings. The van der Waals surface area contributed by atoms with Crippen LogP contribution in [0.2, 0.25) is 0 Å². The smallest absolute Gasteiger partial charge is 0.309 e. The average Bonchev–Trinajstić information content (AvgIpc) is 2.02. The Hall–Kier alpha value is -1.05. The maximum Gasteiger partial charge on any atom is 0.309 e. The van der Waals surface area contributed by atoms with E-state index in [1.54, 1.807) is 0 Å². The Labute approximate surface area is 80.3 Å². The third-order valence-corrected chi connectivity index (χ3v) is 1.49. The van der Waals surface area contributed by atoms with Crippen molar-refractivity contribution < 1.29 is 9.53 Å². The zero-order valence-corrected chi connectivity index (χ0v) is 8.83. The Morgan fingerprint density at radius 1 is 1.46 bits per heavy atom. The van der Waals surface area contributed by atoms with Crippen LogP contribution in [0, 0.1) is 0 Å². The molecule has 0 aliphatic carbocycles. The highest BCUT2D eigenvalue weighted by Gasteiger charge is 2.01. The Morgan fingerprint density at radius 2 is 2.08 bits per heavy atom. The number of allylic oxidation sites excluding steroid dienone is 3. The number of ether oxygens (including phenoxy) is 1. The molecule has 74 valence electrons. The third-order valence-electron chi connectivity index (χ3n) is 1.49. The molecule has 0 saturated carbocycles. The van der Waals surface area contributed by atoms with E-state index in [-0.39, 0.29) is 12.1 Å². The number of hydrogen-bond donors (Lipinski definition) is 0. The van der Waals surface area contributed by atoms with Crippen molar-refractivity contribution in [3.05, 3.63) is 23.8 Å². The van der Waals surface area contributed by atoms with Crippen LogP contribution in [0.3, 0.4) is 0 Å². The van der Waals surface area contributed by atoms with E-state index in [9.17, 15) is 4.79 Å². The van der Waals surface area contributed by atoms with Gasteiger partial charge in [0.15, 0.2) is 0 Å². The van der Waals surface area contributed by atoms with Crippen LogP contribution in [0.4, 0.5) is 0 Å². The molecular weight excluding hydrogens is 164 g/mol. The zero-order chi connectivity index (χ0) is 10.3. The largest absolute Gasteiger partial charge is 0.463 e. The lowest BCUT2D eigenvalue weighted by Gasteiger charge is -2.05. The van der Waals surface area contributed by atoms with Crippen molar-refractivity contribution in [1.82, 2.24) is 0 Å². The highest BCUT2D eigenvalue weighted by molar-refractivity contribution is 5.71. The maximum atomic E-state index is 11.0. The molecule has 0 heterocycles. The van der Waals surface area contributed by atoms with Gasteiger partial charge in [-0.15, -0.1) is 0 Å². The molecule has 2 heteroatoms. The lowest BCUT2D eigenvalue weighted by atomic mass is 10.2. The third kappa shape index (κ3) is 7.32. The molecular formula is C11H18O2. The van der Waals surface area contributed by atoms with E-state index < -0.39 is 0 Å². The van der Waals surface area contributed by atoms with E-state index in [0.29, 0.717) is 6.42 Å². The summed E-state index contributed by atoms with van der Waals surface area (Å²) in [5.74, 6) is -0.171. The van der Waals surface area contributed by atoms with Gasteiger partial charge in [0.2, 0.25) is 0 Å². The first kappa shape index (κ1) is 11.9. The topological polar surface area (TPSA) is 26.3 Å². The maximum absolute atomic E-state index is 11.0. The minimum Gasteiger partial charge on any atom is -0.463 e. The summed E-state index contributed by atoms with van der Waals surface area (Å²) >= 11 is 0. The standard InChI is InChI=1S/C11H18O2/c1-5-10(4)7-6-8-11(12)13-9(2)3/h5-7,9H,8H2,1-4H3. The van der Waals surface area contributed by atoms with Crippen molar-refractivity contribution >= 4 is 5.97 Å². The lowest BCUT2D eigenvalue weighted by Crippen LogP contribution is -2.09. The molecule has 0 aliphatic rings. The molecule has 0 radical (unpaired) electrons. The molecule has 0 aromatic heterocycles. The van der Waals surface area contributed by atoms with Crippen LogP contribution in [0.5, 0.6) is 0 Å². The Bertz CT molecular complexity index is 212. The summed E-state index contributed by atoms with van der Waals surface area (Å²) < 4.78 is 4.96. The SMILES string of the molecule is CC=C(C)C=CCC(=O)OC(C)C. The van der Waals surface area contributed by atoms with Crippen molar-refractivity contribution in [2.45, 2.75) is 40.2 Å². The Balaban J connectivity index is 3.76. The fraction of sp³-hybridized carbons (Fsp3) is 0.545. The second-order valence-corrected chi connectivity index (χ2v) is 3.18. The van der Waals surface area contributed by atoms with Gasteiger partial charge in [0.25, 0.3) is 0 Å². The van der Waals surface area contributed by atoms with E-state index in [2.05, 4.69) is 0 Å². The van der Waals surface area contributed by atoms with Gasteiger partial charge in [-0.05, 0) is 27.7 Å². The predicted molar refractivity (Wildman–Crippen MR) is 54.4 cm³/mol. The van der Waals surface area contributed by atoms with Crippen molar-refractivity contribution in [2.75, 3.05) is 0 Å². The van der Waals surface area contributed by atoms with Gasteiger partial charge in [-0.1, -0.05) is 23.8 Å². The van der Waals surface area contributed by atoms with Gasteiger partial charge in [-0.25, -0.2) is 0 Å². The number of carbonyl (C=O) groups excluding carboxylic acids is 1. The molecule has 0 aromatic rings. The van der Waals surface area contributed by atoms with Crippen LogP contribution in [-0.4, -0.2) is 12.1 Å². The van der Waals surface area contributed by atoms with Gasteiger partial charge >= 0.3 is 5.97 Å². The van der Waals surface area contributed by atoms with Gasteiger partial charge in [-0.3, -0.25) is 4.79 Å². The second-order valence-electron chi connectivity index (χ2n) is 3.18. The quantitative estimate of drug-likeness (QED) is 0.493. The van der Waals surface area contributed by atoms with Crippen molar-refractivity contribution in [3.8, 4) is 0 Å². The van der Waals surface area contributed by atoms with Crippen LogP contribution in [0.15, 0.2) is 23.8 Å². The van der Waals surface area contributed by atoms with Crippen molar-refractivity contribution in [1.29, 1.82) is 0 Å². The monoisotopic (exact) mass is 182 g/mol. The zero-order valence-electron chi connectivity index (χ0n) is 8.83. The fourth-order valence-corrected chi connectivity index (χ4v) is 0.748. The molecule has 0 aromatic carbocycles. The molecule has 0 saturated heterocycles. The molecule has 0 rings (SSSR count). The predicted octanol–water partition coefficient (Wildman–Crippen LogP) is 2.85. The van der Waals surface area contributed by atoms with Crippen LogP contribution < -0.4 is 0 Å². The van der Waals surface area contributed by atoms with E-state index in [1.807, 2.05) is 45.9 Å². The summed E-state index contributed by atoms with van der Waals surface area (Å²) in [5, 5.41) is 0. The first-order chi connectivity index (χ1) is 6.06. The summed E-state index contributed by atoms with van der Waals surface area (Å²) in [4.78, 5) is 11.0. The molecule has 0 bridgehead atoms. The number of hydrogen-bond acceptors (Lipinski definition) is 2. The molecule has 0 amide bonds. The first-order valence-electron chi connectivity index (χ1n) is 4.55. The molecule has 2 nitrogen and oxygen atoms in total. The Morgan fingerprint density at radius 3 is 2.54 bits per heavy atom. The van der Waals surface area contributed by atoms with Gasteiger partial charge in [0, 0.05) is 0 Å². The first-order valence-corrected chi connectivity index (χ1v) is 4.55. The van der Waals surface area contributed by atoms with Gasteiger partial charge in [0.1, 0.15) is 0 Å². The molecule has 0 aliphatic heterocycles. The number of carbonyl (C=O) groups is 1. The highest BCUT2D eigenvalue weighted by atomic mass is 16.5. The normalized spacial score (nSPS) is 12.5. The van der Waals surface area contributed by atoms with E-state index in [4.69, 9.17) is 4.74 Å². The van der Waals surface area contributed by atoms with E-state index in [1.165, 1.54) is 0 Å². The van der Waals surface area contributed by atoms with E-state index in [0.717, 1.165) is 5.57 Å². The molecule has 0 N–H and O–H groups in total. The number of esters is 1. The minimum absolute atomic E-state index is 0.0243. The number of rotatable bonds is 4. The highest BCUT2D eigenvalue weighted by Crippen LogP contribution is 1.98. The second kappa shape index (κ2) is 6.46. The minimum atomic E-state index is -0.171. The van der Waals surface area contributed by atoms with Crippen LogP contribution in [0.1, 0.15) is 34.1 Å². The van der Waals surface area contributed by atoms with E-state index >= 15 is 0 Å². The summed E-state index contributed by atoms with van der Waals surface area (Å²) in [6.07, 6.45) is 6.05. The van der Waals surface area contributed by atoms with Crippen LogP contribution >= 0.6 is 0 Å². The van der Waals surface area contributed by atoms with Crippen molar-refractivity contribution in [3.63, 3.8) is 0 Å². The lowest BCUT2D eigenvalue weighted by molar-refractivity contribution is -0.146. The fourth-order valence-electron chi connectivity index (χ4n) is 0.748. The molecule has 0 atom stereocenters. The van der Waals surface area contributed by atoms with Crippen molar-refractivity contribution in [2.24, 2.45) is 0 Å². The van der Waals surface area contributed by atoms with Gasteiger partial charge < -0.3 is 4.74 Å². The van der Waals surface area contributed by atoms with Crippen LogP contribution in [0.25, 0.3) is 0 Å². The molecule has 13 heavy (non-hydrogen) atoms. The van der Waals surface area contributed by atoms with Gasteiger partial charge in [0.05, 0.1) is 12.5 Å². The summed E-state index contributed by atoms with van der Waals surface area (Å²) in [6, 6.07) is 0. The summed E-state index contributed by atoms with van der Waals surface area (Å²) in [5.41, 5.74) is 1.15. The summed E-state index contributed by atoms with van der Waals surface area (Å²) in [6.45, 7) is 7.65. The summed E-state index contributed by atoms with van der Waals surface area (Å²) in [7, 11) is 0. The average molecular weight is 182 g/mol. The molecule has 0 spiro atoms. The van der Waals surface area contributed by atoms with Gasteiger partial charge in [-0.2, -0.15) is 0 Å². The Kier molecular flexibility index (Phi) is 5.94.